The number of furan rings is 1. The van der Waals surface area contributed by atoms with E-state index in [4.69, 9.17) is 9.15 Å². The van der Waals surface area contributed by atoms with E-state index in [1.807, 2.05) is 36.4 Å². The van der Waals surface area contributed by atoms with E-state index in [-0.39, 0.29) is 16.7 Å². The molecule has 1 N–H and O–H groups in total. The standard InChI is InChI=1S/C23H22N4O5/c1-26-20-18(22(29)27(2)23(26)30)8-9-19(25-20)21(28)24-12-15-5-3-6-16(11-15)13-31-14-17-7-4-10-32-17/h3-11H,12-14H2,1-2H3,(H,24,28). The maximum atomic E-state index is 12.6. The van der Waals surface area contributed by atoms with E-state index in [0.717, 1.165) is 21.5 Å². The van der Waals surface area contributed by atoms with Gasteiger partial charge in [0.05, 0.1) is 18.3 Å². The summed E-state index contributed by atoms with van der Waals surface area (Å²) in [5.74, 6) is 0.353. The lowest BCUT2D eigenvalue weighted by Gasteiger charge is -2.10. The fourth-order valence-electron chi connectivity index (χ4n) is 3.35. The van der Waals surface area contributed by atoms with Crippen molar-refractivity contribution in [3.63, 3.8) is 0 Å². The second-order valence-corrected chi connectivity index (χ2v) is 7.35. The van der Waals surface area contributed by atoms with Gasteiger partial charge in [-0.15, -0.1) is 0 Å². The van der Waals surface area contributed by atoms with Crippen LogP contribution in [0.1, 0.15) is 27.4 Å². The summed E-state index contributed by atoms with van der Waals surface area (Å²) in [6.07, 6.45) is 1.60. The molecular formula is C23H22N4O5. The highest BCUT2D eigenvalue weighted by Crippen LogP contribution is 2.10. The number of carbonyl (C=O) groups is 1. The molecule has 32 heavy (non-hydrogen) atoms. The number of aromatic nitrogens is 3. The minimum atomic E-state index is -0.501. The summed E-state index contributed by atoms with van der Waals surface area (Å²) >= 11 is 0. The van der Waals surface area contributed by atoms with Crippen LogP contribution in [-0.4, -0.2) is 20.0 Å². The van der Waals surface area contributed by atoms with Gasteiger partial charge in [-0.25, -0.2) is 9.78 Å². The number of hydrogen-bond acceptors (Lipinski definition) is 6. The topological polar surface area (TPSA) is 108 Å². The lowest BCUT2D eigenvalue weighted by Crippen LogP contribution is -2.37. The van der Waals surface area contributed by atoms with Crippen molar-refractivity contribution in [2.24, 2.45) is 14.1 Å². The van der Waals surface area contributed by atoms with Crippen LogP contribution in [0.5, 0.6) is 0 Å². The summed E-state index contributed by atoms with van der Waals surface area (Å²) in [6.45, 7) is 1.09. The van der Waals surface area contributed by atoms with Crippen molar-refractivity contribution in [3.8, 4) is 0 Å². The first-order valence-electron chi connectivity index (χ1n) is 9.97. The molecule has 0 bridgehead atoms. The van der Waals surface area contributed by atoms with Gasteiger partial charge in [-0.3, -0.25) is 18.7 Å². The fourth-order valence-corrected chi connectivity index (χ4v) is 3.35. The molecule has 3 aromatic heterocycles. The Bertz CT molecular complexity index is 1390. The van der Waals surface area contributed by atoms with Crippen molar-refractivity contribution in [2.45, 2.75) is 19.8 Å². The highest BCUT2D eigenvalue weighted by molar-refractivity contribution is 5.94. The first-order valence-corrected chi connectivity index (χ1v) is 9.97. The number of benzene rings is 1. The molecule has 0 aliphatic carbocycles. The normalized spacial score (nSPS) is 11.1. The van der Waals surface area contributed by atoms with Crippen molar-refractivity contribution in [2.75, 3.05) is 0 Å². The van der Waals surface area contributed by atoms with Crippen LogP contribution < -0.4 is 16.6 Å². The first kappa shape index (κ1) is 21.3. The molecule has 4 aromatic rings. The zero-order chi connectivity index (χ0) is 22.7. The van der Waals surface area contributed by atoms with Crippen LogP contribution in [0.4, 0.5) is 0 Å². The van der Waals surface area contributed by atoms with E-state index < -0.39 is 17.2 Å². The van der Waals surface area contributed by atoms with Gasteiger partial charge in [0.15, 0.2) is 0 Å². The molecule has 9 heteroatoms. The Kier molecular flexibility index (Phi) is 6.00. The van der Waals surface area contributed by atoms with Crippen molar-refractivity contribution < 1.29 is 13.9 Å². The lowest BCUT2D eigenvalue weighted by atomic mass is 10.1. The molecule has 0 unspecified atom stereocenters. The third kappa shape index (κ3) is 4.37. The van der Waals surface area contributed by atoms with Crippen LogP contribution in [0.2, 0.25) is 0 Å². The maximum Gasteiger partial charge on any atom is 0.332 e. The second-order valence-electron chi connectivity index (χ2n) is 7.35. The van der Waals surface area contributed by atoms with Gasteiger partial charge in [0.25, 0.3) is 11.5 Å². The summed E-state index contributed by atoms with van der Waals surface area (Å²) in [4.78, 5) is 41.3. The number of pyridine rings is 1. The lowest BCUT2D eigenvalue weighted by molar-refractivity contribution is 0.0928. The number of hydrogen-bond donors (Lipinski definition) is 1. The van der Waals surface area contributed by atoms with Gasteiger partial charge < -0.3 is 14.5 Å². The minimum Gasteiger partial charge on any atom is -0.467 e. The van der Waals surface area contributed by atoms with E-state index in [0.29, 0.717) is 19.8 Å². The van der Waals surface area contributed by atoms with Gasteiger partial charge in [0, 0.05) is 20.6 Å². The van der Waals surface area contributed by atoms with E-state index >= 15 is 0 Å². The molecule has 0 fully saturated rings. The second kappa shape index (κ2) is 9.03. The predicted octanol–water partition coefficient (Wildman–Crippen LogP) is 1.87. The van der Waals surface area contributed by atoms with Gasteiger partial charge in [0.2, 0.25) is 0 Å². The van der Waals surface area contributed by atoms with Crippen LogP contribution in [0, 0.1) is 0 Å². The number of nitrogens with zero attached hydrogens (tertiary/aromatic N) is 3. The van der Waals surface area contributed by atoms with Gasteiger partial charge in [-0.1, -0.05) is 24.3 Å². The quantitative estimate of drug-likeness (QED) is 0.476. The van der Waals surface area contributed by atoms with Crippen molar-refractivity contribution >= 4 is 16.9 Å². The Labute approximate surface area is 182 Å². The number of ether oxygens (including phenoxy) is 1. The van der Waals surface area contributed by atoms with Gasteiger partial charge in [-0.2, -0.15) is 0 Å². The summed E-state index contributed by atoms with van der Waals surface area (Å²) in [6, 6.07) is 14.3. The number of amides is 1. The minimum absolute atomic E-state index is 0.124. The molecule has 1 amide bonds. The van der Waals surface area contributed by atoms with E-state index in [9.17, 15) is 14.4 Å². The number of carbonyl (C=O) groups excluding carboxylic acids is 1. The average molecular weight is 434 g/mol. The Balaban J connectivity index is 1.43. The first-order chi connectivity index (χ1) is 15.4. The Hall–Kier alpha value is -3.98. The van der Waals surface area contributed by atoms with Crippen molar-refractivity contribution in [1.82, 2.24) is 19.4 Å². The molecule has 1 aromatic carbocycles. The molecule has 0 saturated carbocycles. The van der Waals surface area contributed by atoms with Crippen LogP contribution in [0.15, 0.2) is 68.8 Å². The summed E-state index contributed by atoms with van der Waals surface area (Å²) in [5, 5.41) is 3.09. The van der Waals surface area contributed by atoms with Crippen molar-refractivity contribution in [1.29, 1.82) is 0 Å². The molecule has 9 nitrogen and oxygen atoms in total. The molecule has 0 atom stereocenters. The summed E-state index contributed by atoms with van der Waals surface area (Å²) in [5.41, 5.74) is 1.21. The maximum absolute atomic E-state index is 12.6. The smallest absolute Gasteiger partial charge is 0.332 e. The van der Waals surface area contributed by atoms with Gasteiger partial charge >= 0.3 is 5.69 Å². The van der Waals surface area contributed by atoms with Crippen LogP contribution in [0.3, 0.4) is 0 Å². The number of fused-ring (bicyclic) bond motifs is 1. The Morgan fingerprint density at radius 2 is 1.84 bits per heavy atom. The molecular weight excluding hydrogens is 412 g/mol. The van der Waals surface area contributed by atoms with Gasteiger partial charge in [0.1, 0.15) is 23.7 Å². The fraction of sp³-hybridized carbons (Fsp3) is 0.217. The highest BCUT2D eigenvalue weighted by Gasteiger charge is 2.14. The van der Waals surface area contributed by atoms with Gasteiger partial charge in [-0.05, 0) is 35.4 Å². The molecule has 0 aliphatic heterocycles. The number of nitrogens with one attached hydrogen (secondary N) is 1. The van der Waals surface area contributed by atoms with Crippen LogP contribution in [0.25, 0.3) is 11.0 Å². The van der Waals surface area contributed by atoms with E-state index in [1.165, 1.54) is 30.8 Å². The molecule has 0 saturated heterocycles. The zero-order valence-corrected chi connectivity index (χ0v) is 17.7. The van der Waals surface area contributed by atoms with E-state index in [2.05, 4.69) is 10.3 Å². The molecule has 4 rings (SSSR count). The number of rotatable bonds is 7. The molecule has 0 radical (unpaired) electrons. The third-order valence-electron chi connectivity index (χ3n) is 5.07. The van der Waals surface area contributed by atoms with Crippen LogP contribution >= 0.6 is 0 Å². The average Bonchev–Trinajstić information content (AvgIpc) is 3.33. The van der Waals surface area contributed by atoms with E-state index in [1.54, 1.807) is 6.26 Å². The molecule has 164 valence electrons. The summed E-state index contributed by atoms with van der Waals surface area (Å²) < 4.78 is 13.1. The molecule has 0 aliphatic rings. The van der Waals surface area contributed by atoms with Crippen molar-refractivity contribution in [3.05, 3.63) is 98.2 Å². The zero-order valence-electron chi connectivity index (χ0n) is 17.7. The highest BCUT2D eigenvalue weighted by atomic mass is 16.5. The summed E-state index contributed by atoms with van der Waals surface area (Å²) in [7, 11) is 2.92. The Morgan fingerprint density at radius 3 is 2.62 bits per heavy atom. The molecule has 3 heterocycles. The largest absolute Gasteiger partial charge is 0.467 e. The Morgan fingerprint density at radius 1 is 1.03 bits per heavy atom. The molecule has 0 spiro atoms. The third-order valence-corrected chi connectivity index (χ3v) is 5.07. The number of aryl methyl sites for hydroxylation is 1. The van der Waals surface area contributed by atoms with Crippen LogP contribution in [-0.2, 0) is 38.6 Å². The SMILES string of the molecule is Cn1c(=O)c2ccc(C(=O)NCc3cccc(COCc4ccco4)c3)nc2n(C)c1=O. The predicted molar refractivity (Wildman–Crippen MR) is 117 cm³/mol. The monoisotopic (exact) mass is 434 g/mol.